The van der Waals surface area contributed by atoms with Crippen molar-refractivity contribution in [2.75, 3.05) is 6.54 Å². The fraction of sp³-hybridized carbons (Fsp3) is 0.300. The summed E-state index contributed by atoms with van der Waals surface area (Å²) in [6.45, 7) is 1.48. The molecule has 2 aromatic rings. The Morgan fingerprint density at radius 2 is 2.47 bits per heavy atom. The average Bonchev–Trinajstić information content (AvgIpc) is 2.97. The summed E-state index contributed by atoms with van der Waals surface area (Å²) in [6, 6.07) is 1.89. The van der Waals surface area contributed by atoms with E-state index in [1.807, 2.05) is 12.3 Å². The number of aromatic amines is 1. The first kappa shape index (κ1) is 11.3. The van der Waals surface area contributed by atoms with E-state index in [-0.39, 0.29) is 5.91 Å². The molecule has 0 saturated carbocycles. The first-order chi connectivity index (χ1) is 8.29. The smallest absolute Gasteiger partial charge is 0.273 e. The number of nitrogens with two attached hydrogens (primary N) is 1. The summed E-state index contributed by atoms with van der Waals surface area (Å²) in [5.74, 6) is -0.241. The molecule has 0 saturated heterocycles. The highest BCUT2D eigenvalue weighted by Gasteiger charge is 2.09. The third-order valence-electron chi connectivity index (χ3n) is 2.24. The van der Waals surface area contributed by atoms with Crippen LogP contribution in [-0.2, 0) is 13.1 Å². The molecule has 0 aliphatic rings. The third kappa shape index (κ3) is 2.91. The van der Waals surface area contributed by atoms with E-state index in [9.17, 15) is 4.79 Å². The van der Waals surface area contributed by atoms with Gasteiger partial charge in [-0.05, 0) is 11.6 Å². The molecule has 0 bridgehead atoms. The Balaban J connectivity index is 1.90. The summed E-state index contributed by atoms with van der Waals surface area (Å²) in [5, 5.41) is 10.3. The minimum absolute atomic E-state index is 0.241. The number of carbonyl (C=O) groups is 1. The van der Waals surface area contributed by atoms with Crippen molar-refractivity contribution in [3.63, 3.8) is 0 Å². The Kier molecular flexibility index (Phi) is 3.51. The number of H-pyrrole nitrogens is 1. The Hall–Kier alpha value is -2.15. The molecular formula is C10H14N6O. The Morgan fingerprint density at radius 1 is 1.59 bits per heavy atom. The number of hydrogen-bond acceptors (Lipinski definition) is 4. The Bertz CT molecular complexity index is 475. The number of amides is 1. The number of nitrogens with one attached hydrogen (secondary N) is 2. The van der Waals surface area contributed by atoms with Crippen molar-refractivity contribution in [3.8, 4) is 0 Å². The monoisotopic (exact) mass is 234 g/mol. The zero-order valence-electron chi connectivity index (χ0n) is 9.26. The number of aromatic nitrogens is 4. The van der Waals surface area contributed by atoms with Gasteiger partial charge in [0.15, 0.2) is 5.69 Å². The summed E-state index contributed by atoms with van der Waals surface area (Å²) in [4.78, 5) is 14.6. The summed E-state index contributed by atoms with van der Waals surface area (Å²) < 4.78 is 1.55. The zero-order valence-corrected chi connectivity index (χ0v) is 9.26. The quantitative estimate of drug-likeness (QED) is 0.648. The van der Waals surface area contributed by atoms with Gasteiger partial charge in [0.2, 0.25) is 0 Å². The normalized spacial score (nSPS) is 10.4. The summed E-state index contributed by atoms with van der Waals surface area (Å²) >= 11 is 0. The maximum absolute atomic E-state index is 11.7. The maximum atomic E-state index is 11.7. The molecule has 0 fully saturated rings. The Labute approximate surface area is 98.0 Å². The predicted molar refractivity (Wildman–Crippen MR) is 61.0 cm³/mol. The van der Waals surface area contributed by atoms with E-state index in [0.717, 1.165) is 5.56 Å². The number of nitrogens with zero attached hydrogens (tertiary/aromatic N) is 3. The minimum atomic E-state index is -0.241. The van der Waals surface area contributed by atoms with Crippen LogP contribution in [0.2, 0.25) is 0 Å². The van der Waals surface area contributed by atoms with Gasteiger partial charge in [-0.15, -0.1) is 5.10 Å². The lowest BCUT2D eigenvalue weighted by Gasteiger charge is -1.99. The van der Waals surface area contributed by atoms with E-state index < -0.39 is 0 Å². The van der Waals surface area contributed by atoms with Gasteiger partial charge >= 0.3 is 0 Å². The van der Waals surface area contributed by atoms with E-state index >= 15 is 0 Å². The SMILES string of the molecule is NCCn1cc(C(=O)NCc2cc[nH]c2)nn1. The topological polar surface area (TPSA) is 102 Å². The fourth-order valence-electron chi connectivity index (χ4n) is 1.39. The van der Waals surface area contributed by atoms with Gasteiger partial charge in [0, 0.05) is 25.5 Å². The van der Waals surface area contributed by atoms with E-state index in [1.54, 1.807) is 17.1 Å². The van der Waals surface area contributed by atoms with Gasteiger partial charge in [0.1, 0.15) is 0 Å². The molecule has 2 rings (SSSR count). The first-order valence-electron chi connectivity index (χ1n) is 5.29. The van der Waals surface area contributed by atoms with Crippen molar-refractivity contribution in [2.24, 2.45) is 5.73 Å². The molecule has 0 aliphatic heterocycles. The minimum Gasteiger partial charge on any atom is -0.367 e. The molecule has 7 heteroatoms. The van der Waals surface area contributed by atoms with Gasteiger partial charge in [0.25, 0.3) is 5.91 Å². The van der Waals surface area contributed by atoms with E-state index in [4.69, 9.17) is 5.73 Å². The van der Waals surface area contributed by atoms with Crippen molar-refractivity contribution in [1.82, 2.24) is 25.3 Å². The number of hydrogen-bond donors (Lipinski definition) is 3. The van der Waals surface area contributed by atoms with Crippen molar-refractivity contribution in [1.29, 1.82) is 0 Å². The highest BCUT2D eigenvalue weighted by molar-refractivity contribution is 5.91. The van der Waals surface area contributed by atoms with Gasteiger partial charge in [0.05, 0.1) is 12.7 Å². The Morgan fingerprint density at radius 3 is 3.18 bits per heavy atom. The highest BCUT2D eigenvalue weighted by atomic mass is 16.2. The molecule has 90 valence electrons. The summed E-state index contributed by atoms with van der Waals surface area (Å²) in [7, 11) is 0. The van der Waals surface area contributed by atoms with Crippen molar-refractivity contribution >= 4 is 5.91 Å². The molecule has 17 heavy (non-hydrogen) atoms. The van der Waals surface area contributed by atoms with Crippen LogP contribution in [-0.4, -0.2) is 32.4 Å². The first-order valence-corrected chi connectivity index (χ1v) is 5.29. The van der Waals surface area contributed by atoms with Gasteiger partial charge in [-0.2, -0.15) is 0 Å². The third-order valence-corrected chi connectivity index (χ3v) is 2.24. The summed E-state index contributed by atoms with van der Waals surface area (Å²) in [5.41, 5.74) is 6.68. The van der Waals surface area contributed by atoms with Gasteiger partial charge < -0.3 is 16.0 Å². The largest absolute Gasteiger partial charge is 0.367 e. The van der Waals surface area contributed by atoms with E-state index in [0.29, 0.717) is 25.3 Å². The second-order valence-corrected chi connectivity index (χ2v) is 3.56. The van der Waals surface area contributed by atoms with E-state index in [1.165, 1.54) is 0 Å². The zero-order chi connectivity index (χ0) is 12.1. The molecule has 4 N–H and O–H groups in total. The standard InChI is InChI=1S/C10H14N6O/c11-2-4-16-7-9(14-15-16)10(17)13-6-8-1-3-12-5-8/h1,3,5,7,12H,2,4,6,11H2,(H,13,17). The molecule has 7 nitrogen and oxygen atoms in total. The molecule has 0 unspecified atom stereocenters. The van der Waals surface area contributed by atoms with Crippen molar-refractivity contribution in [2.45, 2.75) is 13.1 Å². The van der Waals surface area contributed by atoms with Crippen LogP contribution < -0.4 is 11.1 Å². The van der Waals surface area contributed by atoms with Crippen LogP contribution in [0.3, 0.4) is 0 Å². The second kappa shape index (κ2) is 5.26. The van der Waals surface area contributed by atoms with Crippen molar-refractivity contribution in [3.05, 3.63) is 35.9 Å². The molecule has 2 aromatic heterocycles. The lowest BCUT2D eigenvalue weighted by Crippen LogP contribution is -2.23. The van der Waals surface area contributed by atoms with E-state index in [2.05, 4.69) is 20.6 Å². The van der Waals surface area contributed by atoms with Crippen LogP contribution in [0.25, 0.3) is 0 Å². The van der Waals surface area contributed by atoms with Gasteiger partial charge in [-0.25, -0.2) is 0 Å². The molecule has 1 amide bonds. The molecule has 0 aromatic carbocycles. The molecule has 0 radical (unpaired) electrons. The molecular weight excluding hydrogens is 220 g/mol. The fourth-order valence-corrected chi connectivity index (χ4v) is 1.39. The number of carbonyl (C=O) groups excluding carboxylic acids is 1. The average molecular weight is 234 g/mol. The second-order valence-electron chi connectivity index (χ2n) is 3.56. The maximum Gasteiger partial charge on any atom is 0.273 e. The van der Waals surface area contributed by atoms with Crippen LogP contribution in [0.5, 0.6) is 0 Å². The lowest BCUT2D eigenvalue weighted by atomic mass is 10.3. The lowest BCUT2D eigenvalue weighted by molar-refractivity contribution is 0.0946. The van der Waals surface area contributed by atoms with Crippen LogP contribution in [0.4, 0.5) is 0 Å². The number of rotatable bonds is 5. The molecule has 0 aliphatic carbocycles. The van der Waals surface area contributed by atoms with Crippen molar-refractivity contribution < 1.29 is 4.79 Å². The van der Waals surface area contributed by atoms with Crippen LogP contribution in [0.15, 0.2) is 24.7 Å². The predicted octanol–water partition coefficient (Wildman–Crippen LogP) is -0.505. The summed E-state index contributed by atoms with van der Waals surface area (Å²) in [6.07, 6.45) is 5.21. The van der Waals surface area contributed by atoms with Gasteiger partial charge in [-0.3, -0.25) is 9.48 Å². The molecule has 2 heterocycles. The van der Waals surface area contributed by atoms with Gasteiger partial charge in [-0.1, -0.05) is 5.21 Å². The molecule has 0 spiro atoms. The van der Waals surface area contributed by atoms with Crippen LogP contribution in [0.1, 0.15) is 16.1 Å². The highest BCUT2D eigenvalue weighted by Crippen LogP contribution is 1.97. The van der Waals surface area contributed by atoms with Crippen LogP contribution in [0, 0.1) is 0 Å². The van der Waals surface area contributed by atoms with Crippen LogP contribution >= 0.6 is 0 Å². The molecule has 0 atom stereocenters.